The van der Waals surface area contributed by atoms with Gasteiger partial charge < -0.3 is 4.74 Å². The lowest BCUT2D eigenvalue weighted by Crippen LogP contribution is -1.97. The minimum absolute atomic E-state index is 0.823. The standard InChI is InChI=1S/C22H29O/c1-2-3-4-5-6-7-8-12-19-23-22-17-15-21(16-18-22)20-13-10-9-11-14-20/h9-11,13-18H,1-8,12,19H2. The zero-order chi connectivity index (χ0) is 16.2. The fourth-order valence-corrected chi connectivity index (χ4v) is 2.73. The molecule has 0 fully saturated rings. The number of benzene rings is 2. The molecule has 0 saturated heterocycles. The first-order chi connectivity index (χ1) is 11.4. The van der Waals surface area contributed by atoms with E-state index >= 15 is 0 Å². The van der Waals surface area contributed by atoms with Crippen molar-refractivity contribution in [1.29, 1.82) is 0 Å². The molecule has 0 unspecified atom stereocenters. The molecular formula is C22H29O. The smallest absolute Gasteiger partial charge is 0.119 e. The fourth-order valence-electron chi connectivity index (χ4n) is 2.73. The quantitative estimate of drug-likeness (QED) is 0.420. The lowest BCUT2D eigenvalue weighted by Gasteiger charge is -2.07. The van der Waals surface area contributed by atoms with Crippen LogP contribution in [0.3, 0.4) is 0 Å². The Balaban J connectivity index is 1.60. The summed E-state index contributed by atoms with van der Waals surface area (Å²) in [6.07, 6.45) is 10.2. The van der Waals surface area contributed by atoms with Crippen LogP contribution in [-0.2, 0) is 0 Å². The monoisotopic (exact) mass is 309 g/mol. The van der Waals surface area contributed by atoms with Crippen molar-refractivity contribution in [3.8, 4) is 16.9 Å². The molecule has 0 aliphatic heterocycles. The number of hydrogen-bond donors (Lipinski definition) is 0. The summed E-state index contributed by atoms with van der Waals surface area (Å²) >= 11 is 0. The van der Waals surface area contributed by atoms with Crippen LogP contribution in [-0.4, -0.2) is 6.61 Å². The molecule has 1 nitrogen and oxygen atoms in total. The molecule has 0 aliphatic rings. The summed E-state index contributed by atoms with van der Waals surface area (Å²) < 4.78 is 5.83. The molecule has 0 aliphatic carbocycles. The third kappa shape index (κ3) is 6.90. The molecule has 0 heterocycles. The van der Waals surface area contributed by atoms with E-state index in [1.54, 1.807) is 0 Å². The SMILES string of the molecule is [CH2]CCCCCCCCCOc1ccc(-c2ccccc2)cc1. The Kier molecular flexibility index (Phi) is 8.32. The molecule has 0 N–H and O–H groups in total. The van der Waals surface area contributed by atoms with Crippen LogP contribution in [0.25, 0.3) is 11.1 Å². The second kappa shape index (κ2) is 10.9. The van der Waals surface area contributed by atoms with E-state index in [9.17, 15) is 0 Å². The Morgan fingerprint density at radius 2 is 1.17 bits per heavy atom. The van der Waals surface area contributed by atoms with Gasteiger partial charge in [-0.05, 0) is 29.7 Å². The fraction of sp³-hybridized carbons (Fsp3) is 0.409. The van der Waals surface area contributed by atoms with Gasteiger partial charge in [-0.1, -0.05) is 94.3 Å². The van der Waals surface area contributed by atoms with E-state index < -0.39 is 0 Å². The summed E-state index contributed by atoms with van der Waals surface area (Å²) in [5.74, 6) is 0.972. The van der Waals surface area contributed by atoms with Gasteiger partial charge in [-0.3, -0.25) is 0 Å². The molecule has 0 spiro atoms. The molecule has 2 aromatic carbocycles. The van der Waals surface area contributed by atoms with Crippen LogP contribution in [0.4, 0.5) is 0 Å². The normalized spacial score (nSPS) is 10.7. The molecule has 0 saturated carbocycles. The molecule has 1 radical (unpaired) electrons. The van der Waals surface area contributed by atoms with Crippen LogP contribution in [0.5, 0.6) is 5.75 Å². The van der Waals surface area contributed by atoms with Gasteiger partial charge in [0.2, 0.25) is 0 Å². The van der Waals surface area contributed by atoms with Gasteiger partial charge in [0.15, 0.2) is 0 Å². The Labute approximate surface area is 141 Å². The van der Waals surface area contributed by atoms with E-state index in [2.05, 4.69) is 55.5 Å². The summed E-state index contributed by atoms with van der Waals surface area (Å²) in [7, 11) is 0. The van der Waals surface area contributed by atoms with Gasteiger partial charge in [0.25, 0.3) is 0 Å². The van der Waals surface area contributed by atoms with E-state index in [-0.39, 0.29) is 0 Å². The van der Waals surface area contributed by atoms with Gasteiger partial charge >= 0.3 is 0 Å². The Hall–Kier alpha value is -1.76. The predicted molar refractivity (Wildman–Crippen MR) is 99.7 cm³/mol. The second-order valence-corrected chi connectivity index (χ2v) is 6.07. The zero-order valence-corrected chi connectivity index (χ0v) is 14.2. The maximum absolute atomic E-state index is 5.83. The number of rotatable bonds is 11. The van der Waals surface area contributed by atoms with E-state index in [0.29, 0.717) is 0 Å². The number of ether oxygens (including phenoxy) is 1. The first kappa shape index (κ1) is 17.6. The van der Waals surface area contributed by atoms with Crippen molar-refractivity contribution in [2.75, 3.05) is 6.61 Å². The summed E-state index contributed by atoms with van der Waals surface area (Å²) in [4.78, 5) is 0. The lowest BCUT2D eigenvalue weighted by molar-refractivity contribution is 0.304. The molecule has 0 bridgehead atoms. The van der Waals surface area contributed by atoms with Gasteiger partial charge in [-0.2, -0.15) is 0 Å². The summed E-state index contributed by atoms with van der Waals surface area (Å²) in [5.41, 5.74) is 2.48. The molecule has 123 valence electrons. The third-order valence-electron chi connectivity index (χ3n) is 4.12. The molecule has 2 aromatic rings. The van der Waals surface area contributed by atoms with Crippen molar-refractivity contribution >= 4 is 0 Å². The zero-order valence-electron chi connectivity index (χ0n) is 14.2. The maximum atomic E-state index is 5.83. The average Bonchev–Trinajstić information content (AvgIpc) is 2.62. The van der Waals surface area contributed by atoms with E-state index in [1.165, 1.54) is 49.7 Å². The number of unbranched alkanes of at least 4 members (excludes halogenated alkanes) is 7. The van der Waals surface area contributed by atoms with Gasteiger partial charge in [-0.25, -0.2) is 0 Å². The van der Waals surface area contributed by atoms with Crippen molar-refractivity contribution in [2.45, 2.75) is 51.4 Å². The summed E-state index contributed by atoms with van der Waals surface area (Å²) in [5, 5.41) is 0. The largest absolute Gasteiger partial charge is 0.494 e. The highest BCUT2D eigenvalue weighted by Crippen LogP contribution is 2.22. The van der Waals surface area contributed by atoms with Crippen LogP contribution >= 0.6 is 0 Å². The van der Waals surface area contributed by atoms with Crippen LogP contribution in [0.15, 0.2) is 54.6 Å². The van der Waals surface area contributed by atoms with E-state index in [4.69, 9.17) is 4.74 Å². The predicted octanol–water partition coefficient (Wildman–Crippen LogP) is 6.69. The Morgan fingerprint density at radius 1 is 0.609 bits per heavy atom. The number of hydrogen-bond acceptors (Lipinski definition) is 1. The first-order valence-electron chi connectivity index (χ1n) is 8.97. The van der Waals surface area contributed by atoms with Crippen molar-refractivity contribution in [3.63, 3.8) is 0 Å². The minimum atomic E-state index is 0.823. The Bertz CT molecular complexity index is 515. The van der Waals surface area contributed by atoms with Crippen molar-refractivity contribution < 1.29 is 4.74 Å². The van der Waals surface area contributed by atoms with E-state index in [1.807, 2.05) is 6.07 Å². The van der Waals surface area contributed by atoms with Crippen molar-refractivity contribution in [2.24, 2.45) is 0 Å². The van der Waals surface area contributed by atoms with Gasteiger partial charge in [0.1, 0.15) is 5.75 Å². The van der Waals surface area contributed by atoms with Crippen LogP contribution < -0.4 is 4.74 Å². The van der Waals surface area contributed by atoms with Crippen molar-refractivity contribution in [3.05, 3.63) is 61.5 Å². The molecule has 23 heavy (non-hydrogen) atoms. The lowest BCUT2D eigenvalue weighted by atomic mass is 10.1. The van der Waals surface area contributed by atoms with Gasteiger partial charge in [0, 0.05) is 0 Å². The van der Waals surface area contributed by atoms with Gasteiger partial charge in [0.05, 0.1) is 6.61 Å². The Morgan fingerprint density at radius 3 is 1.83 bits per heavy atom. The molecule has 0 atom stereocenters. The van der Waals surface area contributed by atoms with Crippen LogP contribution in [0.2, 0.25) is 0 Å². The van der Waals surface area contributed by atoms with E-state index in [0.717, 1.165) is 25.2 Å². The molecular weight excluding hydrogens is 280 g/mol. The summed E-state index contributed by atoms with van der Waals surface area (Å²) in [6, 6.07) is 18.8. The highest BCUT2D eigenvalue weighted by atomic mass is 16.5. The molecule has 1 heteroatoms. The van der Waals surface area contributed by atoms with Crippen LogP contribution in [0.1, 0.15) is 51.4 Å². The molecule has 2 rings (SSSR count). The van der Waals surface area contributed by atoms with Gasteiger partial charge in [-0.15, -0.1) is 0 Å². The summed E-state index contributed by atoms with van der Waals surface area (Å²) in [6.45, 7) is 4.70. The van der Waals surface area contributed by atoms with Crippen molar-refractivity contribution in [1.82, 2.24) is 0 Å². The molecule has 0 amide bonds. The third-order valence-corrected chi connectivity index (χ3v) is 4.12. The second-order valence-electron chi connectivity index (χ2n) is 6.07. The van der Waals surface area contributed by atoms with Crippen LogP contribution in [0, 0.1) is 6.92 Å². The average molecular weight is 309 g/mol. The highest BCUT2D eigenvalue weighted by molar-refractivity contribution is 5.63. The minimum Gasteiger partial charge on any atom is -0.494 e. The highest BCUT2D eigenvalue weighted by Gasteiger charge is 1.98. The molecule has 0 aromatic heterocycles. The first-order valence-corrected chi connectivity index (χ1v) is 8.97. The maximum Gasteiger partial charge on any atom is 0.119 e. The topological polar surface area (TPSA) is 9.23 Å².